The molecular formula is C18H30N2. The normalized spacial score (nSPS) is 10.6. The molecule has 0 aliphatic heterocycles. The van der Waals surface area contributed by atoms with Gasteiger partial charge < -0.3 is 9.80 Å². The highest BCUT2D eigenvalue weighted by molar-refractivity contribution is 5.49. The highest BCUT2D eigenvalue weighted by Crippen LogP contribution is 2.27. The number of rotatable bonds is 5. The third-order valence-electron chi connectivity index (χ3n) is 4.91. The van der Waals surface area contributed by atoms with Crippen LogP contribution in [0.4, 0.5) is 0 Å². The maximum Gasteiger partial charge on any atom is 0.0962 e. The van der Waals surface area contributed by atoms with Crippen LogP contribution in [-0.2, 0) is 6.54 Å². The molecule has 0 spiro atoms. The van der Waals surface area contributed by atoms with E-state index >= 15 is 0 Å². The van der Waals surface area contributed by atoms with Gasteiger partial charge in [0, 0.05) is 27.2 Å². The van der Waals surface area contributed by atoms with E-state index in [0.717, 1.165) is 18.9 Å². The van der Waals surface area contributed by atoms with E-state index in [1.54, 1.807) is 0 Å². The minimum absolute atomic E-state index is 0.919. The zero-order valence-corrected chi connectivity index (χ0v) is 14.5. The molecule has 0 amide bonds. The number of hydrogen-bond donors (Lipinski definition) is 0. The molecule has 0 atom stereocenters. The molecule has 0 radical (unpaired) electrons. The van der Waals surface area contributed by atoms with Crippen molar-refractivity contribution in [3.63, 3.8) is 0 Å². The predicted molar refractivity (Wildman–Crippen MR) is 89.0 cm³/mol. The van der Waals surface area contributed by atoms with Gasteiger partial charge in [-0.1, -0.05) is 6.58 Å². The van der Waals surface area contributed by atoms with E-state index in [-0.39, 0.29) is 0 Å². The molecule has 20 heavy (non-hydrogen) atoms. The van der Waals surface area contributed by atoms with E-state index in [0.29, 0.717) is 0 Å². The molecule has 0 fully saturated rings. The zero-order chi connectivity index (χ0) is 15.6. The average molecular weight is 274 g/mol. The molecule has 1 aromatic rings. The Morgan fingerprint density at radius 1 is 0.800 bits per heavy atom. The summed E-state index contributed by atoms with van der Waals surface area (Å²) in [6.07, 6.45) is 0. The molecule has 0 aromatic heterocycles. The lowest BCUT2D eigenvalue weighted by Gasteiger charge is -2.31. The summed E-state index contributed by atoms with van der Waals surface area (Å²) < 4.78 is 0. The molecule has 1 aromatic carbocycles. The van der Waals surface area contributed by atoms with Crippen molar-refractivity contribution in [1.29, 1.82) is 0 Å². The van der Waals surface area contributed by atoms with Crippen LogP contribution in [0.15, 0.2) is 12.4 Å². The minimum Gasteiger partial charge on any atom is -0.362 e. The first-order chi connectivity index (χ1) is 9.22. The van der Waals surface area contributed by atoms with Crippen molar-refractivity contribution >= 4 is 0 Å². The average Bonchev–Trinajstić information content (AvgIpc) is 2.45. The molecule has 0 unspecified atom stereocenters. The van der Waals surface area contributed by atoms with E-state index in [9.17, 15) is 0 Å². The van der Waals surface area contributed by atoms with Crippen LogP contribution in [0.1, 0.15) is 40.3 Å². The van der Waals surface area contributed by atoms with Crippen LogP contribution in [0.3, 0.4) is 0 Å². The summed E-state index contributed by atoms with van der Waals surface area (Å²) in [5.41, 5.74) is 8.56. The first kappa shape index (κ1) is 16.6. The van der Waals surface area contributed by atoms with E-state index in [1.807, 2.05) is 0 Å². The number of nitrogens with zero attached hydrogens (tertiary/aromatic N) is 2. The predicted octanol–water partition coefficient (Wildman–Crippen LogP) is 4.08. The van der Waals surface area contributed by atoms with E-state index in [2.05, 4.69) is 72.0 Å². The molecule has 0 saturated carbocycles. The zero-order valence-electron chi connectivity index (χ0n) is 14.5. The quantitative estimate of drug-likeness (QED) is 0.798. The third-order valence-corrected chi connectivity index (χ3v) is 4.91. The standard InChI is InChI=1S/C18H30N2/c1-10-19(8)17(7)20(9)11-18-15(5)13(3)12(2)14(4)16(18)6/h7,10-11H2,1-6,8-9H3. The monoisotopic (exact) mass is 274 g/mol. The Bertz CT molecular complexity index is 486. The van der Waals surface area contributed by atoms with Crippen LogP contribution in [-0.4, -0.2) is 30.4 Å². The maximum atomic E-state index is 4.20. The number of hydrogen-bond acceptors (Lipinski definition) is 2. The molecule has 1 rings (SSSR count). The molecule has 2 heteroatoms. The second kappa shape index (κ2) is 6.34. The van der Waals surface area contributed by atoms with Gasteiger partial charge in [0.1, 0.15) is 0 Å². The summed E-state index contributed by atoms with van der Waals surface area (Å²) in [7, 11) is 4.21. The summed E-state index contributed by atoms with van der Waals surface area (Å²) in [6, 6.07) is 0. The summed E-state index contributed by atoms with van der Waals surface area (Å²) in [6.45, 7) is 19.4. The van der Waals surface area contributed by atoms with Gasteiger partial charge in [0.25, 0.3) is 0 Å². The van der Waals surface area contributed by atoms with Gasteiger partial charge in [-0.15, -0.1) is 0 Å². The Morgan fingerprint density at radius 3 is 1.60 bits per heavy atom. The Balaban J connectivity index is 3.14. The second-order valence-corrected chi connectivity index (χ2v) is 5.89. The third kappa shape index (κ3) is 3.00. The molecule has 0 bridgehead atoms. The summed E-state index contributed by atoms with van der Waals surface area (Å²) in [5, 5.41) is 0. The fourth-order valence-corrected chi connectivity index (χ4v) is 2.62. The largest absolute Gasteiger partial charge is 0.362 e. The Hall–Kier alpha value is -1.44. The lowest BCUT2D eigenvalue weighted by molar-refractivity contribution is 0.272. The summed E-state index contributed by atoms with van der Waals surface area (Å²) in [4.78, 5) is 4.42. The van der Waals surface area contributed by atoms with Gasteiger partial charge in [0.15, 0.2) is 0 Å². The fraction of sp³-hybridized carbons (Fsp3) is 0.556. The Labute approximate surface area is 125 Å². The van der Waals surface area contributed by atoms with E-state index in [1.165, 1.54) is 33.4 Å². The van der Waals surface area contributed by atoms with E-state index < -0.39 is 0 Å². The molecule has 0 N–H and O–H groups in total. The SMILES string of the molecule is C=C(N(C)CC)N(C)Cc1c(C)c(C)c(C)c(C)c1C. The molecule has 2 nitrogen and oxygen atoms in total. The highest BCUT2D eigenvalue weighted by Gasteiger charge is 2.15. The van der Waals surface area contributed by atoms with Gasteiger partial charge in [-0.3, -0.25) is 0 Å². The topological polar surface area (TPSA) is 6.48 Å². The number of benzene rings is 1. The van der Waals surface area contributed by atoms with Gasteiger partial charge in [0.2, 0.25) is 0 Å². The van der Waals surface area contributed by atoms with Crippen LogP contribution in [0.5, 0.6) is 0 Å². The van der Waals surface area contributed by atoms with Crippen LogP contribution in [0.2, 0.25) is 0 Å². The second-order valence-electron chi connectivity index (χ2n) is 5.89. The Morgan fingerprint density at radius 2 is 1.20 bits per heavy atom. The molecule has 0 saturated heterocycles. The van der Waals surface area contributed by atoms with Gasteiger partial charge >= 0.3 is 0 Å². The van der Waals surface area contributed by atoms with Crippen LogP contribution < -0.4 is 0 Å². The first-order valence-corrected chi connectivity index (χ1v) is 7.39. The van der Waals surface area contributed by atoms with Crippen molar-refractivity contribution in [2.75, 3.05) is 20.6 Å². The summed E-state index contributed by atoms with van der Waals surface area (Å²) in [5.74, 6) is 1.07. The summed E-state index contributed by atoms with van der Waals surface area (Å²) >= 11 is 0. The smallest absolute Gasteiger partial charge is 0.0962 e. The van der Waals surface area contributed by atoms with Gasteiger partial charge in [0.05, 0.1) is 5.82 Å². The lowest BCUT2D eigenvalue weighted by Crippen LogP contribution is -2.29. The first-order valence-electron chi connectivity index (χ1n) is 7.39. The van der Waals surface area contributed by atoms with Crippen molar-refractivity contribution in [2.24, 2.45) is 0 Å². The van der Waals surface area contributed by atoms with E-state index in [4.69, 9.17) is 0 Å². The molecular weight excluding hydrogens is 244 g/mol. The Kier molecular flexibility index (Phi) is 5.27. The van der Waals surface area contributed by atoms with Crippen molar-refractivity contribution in [1.82, 2.24) is 9.80 Å². The lowest BCUT2D eigenvalue weighted by atomic mass is 9.89. The van der Waals surface area contributed by atoms with Gasteiger partial charge in [-0.25, -0.2) is 0 Å². The minimum atomic E-state index is 0.919. The van der Waals surface area contributed by atoms with Crippen molar-refractivity contribution in [3.8, 4) is 0 Å². The molecule has 0 aliphatic carbocycles. The van der Waals surface area contributed by atoms with Crippen LogP contribution >= 0.6 is 0 Å². The van der Waals surface area contributed by atoms with Gasteiger partial charge in [-0.05, 0) is 74.9 Å². The fourth-order valence-electron chi connectivity index (χ4n) is 2.62. The van der Waals surface area contributed by atoms with Gasteiger partial charge in [-0.2, -0.15) is 0 Å². The van der Waals surface area contributed by atoms with Crippen molar-refractivity contribution < 1.29 is 0 Å². The van der Waals surface area contributed by atoms with Crippen LogP contribution in [0.25, 0.3) is 0 Å². The highest BCUT2D eigenvalue weighted by atomic mass is 15.3. The maximum absolute atomic E-state index is 4.20. The molecule has 0 heterocycles. The molecule has 0 aliphatic rings. The van der Waals surface area contributed by atoms with Crippen molar-refractivity contribution in [3.05, 3.63) is 45.8 Å². The molecule has 112 valence electrons. The van der Waals surface area contributed by atoms with Crippen LogP contribution in [0, 0.1) is 34.6 Å². The van der Waals surface area contributed by atoms with Crippen molar-refractivity contribution in [2.45, 2.75) is 48.1 Å².